The third kappa shape index (κ3) is 1.96. The van der Waals surface area contributed by atoms with E-state index in [0.29, 0.717) is 17.6 Å². The number of esters is 1. The van der Waals surface area contributed by atoms with Crippen LogP contribution in [0, 0.1) is 31.6 Å². The monoisotopic (exact) mass is 242 g/mol. The topological polar surface area (TPSA) is 26.3 Å². The zero-order valence-corrected chi connectivity index (χ0v) is 10.8. The van der Waals surface area contributed by atoms with E-state index in [2.05, 4.69) is 19.1 Å². The van der Waals surface area contributed by atoms with Crippen molar-refractivity contribution in [3.63, 3.8) is 0 Å². The molecule has 1 fully saturated rings. The first kappa shape index (κ1) is 11.5. The van der Waals surface area contributed by atoms with Crippen molar-refractivity contribution in [3.8, 4) is 5.75 Å². The number of carbonyl (C=O) groups is 1. The summed E-state index contributed by atoms with van der Waals surface area (Å²) in [6, 6.07) is 5.82. The smallest absolute Gasteiger partial charge is 0.314 e. The molecule has 0 aromatic heterocycles. The molecule has 2 nitrogen and oxygen atoms in total. The van der Waals surface area contributed by atoms with Crippen LogP contribution in [0.25, 0.3) is 0 Å². The Bertz CT molecular complexity index is 516. The van der Waals surface area contributed by atoms with Gasteiger partial charge in [0.2, 0.25) is 0 Å². The molecule has 0 amide bonds. The maximum atomic E-state index is 12.1. The minimum atomic E-state index is -0.0601. The van der Waals surface area contributed by atoms with E-state index in [-0.39, 0.29) is 11.9 Å². The van der Waals surface area contributed by atoms with E-state index in [0.717, 1.165) is 18.4 Å². The summed E-state index contributed by atoms with van der Waals surface area (Å²) in [6.45, 7) is 4.09. The summed E-state index contributed by atoms with van der Waals surface area (Å²) in [5, 5.41) is 0. The first-order valence-corrected chi connectivity index (χ1v) is 6.61. The van der Waals surface area contributed by atoms with Crippen LogP contribution in [-0.4, -0.2) is 5.97 Å². The average molecular weight is 242 g/mol. The molecule has 1 aromatic carbocycles. The summed E-state index contributed by atoms with van der Waals surface area (Å²) in [7, 11) is 0. The second-order valence-electron chi connectivity index (χ2n) is 5.55. The first-order chi connectivity index (χ1) is 8.63. The van der Waals surface area contributed by atoms with E-state index in [1.54, 1.807) is 0 Å². The van der Waals surface area contributed by atoms with Gasteiger partial charge in [0.15, 0.2) is 0 Å². The SMILES string of the molecule is Cc1ccc(OC(=O)C2CC3C=CC2C3)cc1C. The van der Waals surface area contributed by atoms with Gasteiger partial charge in [-0.2, -0.15) is 0 Å². The predicted molar refractivity (Wildman–Crippen MR) is 70.4 cm³/mol. The van der Waals surface area contributed by atoms with E-state index in [9.17, 15) is 4.79 Å². The molecule has 2 aliphatic carbocycles. The Labute approximate surface area is 108 Å². The second-order valence-corrected chi connectivity index (χ2v) is 5.55. The number of fused-ring (bicyclic) bond motifs is 2. The third-order valence-corrected chi connectivity index (χ3v) is 4.28. The summed E-state index contributed by atoms with van der Waals surface area (Å²) >= 11 is 0. The van der Waals surface area contributed by atoms with Gasteiger partial charge in [-0.15, -0.1) is 0 Å². The van der Waals surface area contributed by atoms with Crippen LogP contribution in [0.1, 0.15) is 24.0 Å². The van der Waals surface area contributed by atoms with E-state index in [4.69, 9.17) is 4.74 Å². The molecule has 2 bridgehead atoms. The van der Waals surface area contributed by atoms with Gasteiger partial charge in [-0.3, -0.25) is 4.79 Å². The molecule has 0 aliphatic heterocycles. The molecule has 1 saturated carbocycles. The molecule has 3 rings (SSSR count). The molecule has 3 atom stereocenters. The van der Waals surface area contributed by atoms with Gasteiger partial charge < -0.3 is 4.74 Å². The molecule has 0 radical (unpaired) electrons. The van der Waals surface area contributed by atoms with Crippen LogP contribution in [-0.2, 0) is 4.79 Å². The van der Waals surface area contributed by atoms with Gasteiger partial charge >= 0.3 is 5.97 Å². The molecule has 1 aromatic rings. The van der Waals surface area contributed by atoms with Crippen molar-refractivity contribution in [2.45, 2.75) is 26.7 Å². The third-order valence-electron chi connectivity index (χ3n) is 4.28. The minimum Gasteiger partial charge on any atom is -0.426 e. The number of allylic oxidation sites excluding steroid dienone is 2. The minimum absolute atomic E-state index is 0.0601. The molecular formula is C16H18O2. The highest BCUT2D eigenvalue weighted by atomic mass is 16.5. The highest BCUT2D eigenvalue weighted by Gasteiger charge is 2.40. The van der Waals surface area contributed by atoms with Crippen molar-refractivity contribution < 1.29 is 9.53 Å². The Morgan fingerprint density at radius 1 is 1.17 bits per heavy atom. The molecule has 2 heteroatoms. The van der Waals surface area contributed by atoms with Gasteiger partial charge in [0, 0.05) is 0 Å². The number of rotatable bonds is 2. The lowest BCUT2D eigenvalue weighted by molar-refractivity contribution is -0.139. The van der Waals surface area contributed by atoms with Gasteiger partial charge in [0.25, 0.3) is 0 Å². The summed E-state index contributed by atoms with van der Waals surface area (Å²) in [5.74, 6) is 1.70. The van der Waals surface area contributed by atoms with Crippen molar-refractivity contribution >= 4 is 5.97 Å². The van der Waals surface area contributed by atoms with Crippen molar-refractivity contribution in [3.05, 3.63) is 41.5 Å². The molecule has 2 aliphatic rings. The number of hydrogen-bond acceptors (Lipinski definition) is 2. The van der Waals surface area contributed by atoms with Gasteiger partial charge in [-0.05, 0) is 61.8 Å². The molecule has 3 unspecified atom stereocenters. The number of hydrogen-bond donors (Lipinski definition) is 0. The highest BCUT2D eigenvalue weighted by Crippen LogP contribution is 2.43. The molecule has 0 saturated heterocycles. The fourth-order valence-electron chi connectivity index (χ4n) is 3.02. The predicted octanol–water partition coefficient (Wildman–Crippen LogP) is 3.42. The van der Waals surface area contributed by atoms with Crippen LogP contribution in [0.15, 0.2) is 30.4 Å². The van der Waals surface area contributed by atoms with Crippen LogP contribution in [0.3, 0.4) is 0 Å². The lowest BCUT2D eigenvalue weighted by Gasteiger charge is -2.16. The van der Waals surface area contributed by atoms with E-state index < -0.39 is 0 Å². The summed E-state index contributed by atoms with van der Waals surface area (Å²) in [5.41, 5.74) is 2.38. The Balaban J connectivity index is 1.71. The Hall–Kier alpha value is -1.57. The maximum absolute atomic E-state index is 12.1. The number of benzene rings is 1. The Morgan fingerprint density at radius 3 is 2.61 bits per heavy atom. The first-order valence-electron chi connectivity index (χ1n) is 6.61. The van der Waals surface area contributed by atoms with Crippen LogP contribution < -0.4 is 4.74 Å². The molecule has 18 heavy (non-hydrogen) atoms. The van der Waals surface area contributed by atoms with Crippen molar-refractivity contribution in [2.75, 3.05) is 0 Å². The summed E-state index contributed by atoms with van der Waals surface area (Å²) < 4.78 is 5.51. The summed E-state index contributed by atoms with van der Waals surface area (Å²) in [6.07, 6.45) is 6.52. The van der Waals surface area contributed by atoms with Crippen LogP contribution in [0.4, 0.5) is 0 Å². The standard InChI is InChI=1S/C16H18O2/c1-10-3-6-14(7-11(10)2)18-16(17)15-9-12-4-5-13(15)8-12/h3-7,12-13,15H,8-9H2,1-2H3. The Morgan fingerprint density at radius 2 is 2.00 bits per heavy atom. The fraction of sp³-hybridized carbons (Fsp3) is 0.438. The number of aryl methyl sites for hydroxylation is 2. The van der Waals surface area contributed by atoms with Crippen molar-refractivity contribution in [1.29, 1.82) is 0 Å². The maximum Gasteiger partial charge on any atom is 0.314 e. The molecule has 0 spiro atoms. The van der Waals surface area contributed by atoms with Gasteiger partial charge in [-0.25, -0.2) is 0 Å². The van der Waals surface area contributed by atoms with Crippen LogP contribution in [0.5, 0.6) is 5.75 Å². The normalized spacial score (nSPS) is 28.7. The second kappa shape index (κ2) is 4.27. The fourth-order valence-corrected chi connectivity index (χ4v) is 3.02. The molecule has 0 heterocycles. The van der Waals surface area contributed by atoms with Crippen LogP contribution >= 0.6 is 0 Å². The highest BCUT2D eigenvalue weighted by molar-refractivity contribution is 5.76. The van der Waals surface area contributed by atoms with E-state index in [1.165, 1.54) is 5.56 Å². The zero-order chi connectivity index (χ0) is 12.7. The van der Waals surface area contributed by atoms with E-state index in [1.807, 2.05) is 25.1 Å². The number of ether oxygens (including phenoxy) is 1. The molecular weight excluding hydrogens is 224 g/mol. The zero-order valence-electron chi connectivity index (χ0n) is 10.8. The van der Waals surface area contributed by atoms with Gasteiger partial charge in [0.1, 0.15) is 5.75 Å². The van der Waals surface area contributed by atoms with Gasteiger partial charge in [-0.1, -0.05) is 18.2 Å². The van der Waals surface area contributed by atoms with Crippen molar-refractivity contribution in [1.82, 2.24) is 0 Å². The quantitative estimate of drug-likeness (QED) is 0.451. The lowest BCUT2D eigenvalue weighted by Crippen LogP contribution is -2.24. The lowest BCUT2D eigenvalue weighted by atomic mass is 9.94. The average Bonchev–Trinajstić information content (AvgIpc) is 2.96. The van der Waals surface area contributed by atoms with Crippen molar-refractivity contribution in [2.24, 2.45) is 17.8 Å². The Kier molecular flexibility index (Phi) is 2.73. The molecule has 0 N–H and O–H groups in total. The summed E-state index contributed by atoms with van der Waals surface area (Å²) in [4.78, 5) is 12.1. The molecule has 94 valence electrons. The van der Waals surface area contributed by atoms with Crippen LogP contribution in [0.2, 0.25) is 0 Å². The number of carbonyl (C=O) groups excluding carboxylic acids is 1. The largest absolute Gasteiger partial charge is 0.426 e. The van der Waals surface area contributed by atoms with E-state index >= 15 is 0 Å². The van der Waals surface area contributed by atoms with Gasteiger partial charge in [0.05, 0.1) is 5.92 Å².